The van der Waals surface area contributed by atoms with E-state index >= 15 is 0 Å². The van der Waals surface area contributed by atoms with E-state index in [0.717, 1.165) is 31.5 Å². The molecule has 2 N–H and O–H groups in total. The largest absolute Gasteiger partial charge is 0.383 e. The molecule has 1 aromatic heterocycles. The van der Waals surface area contributed by atoms with E-state index in [0.29, 0.717) is 24.7 Å². The highest BCUT2D eigenvalue weighted by molar-refractivity contribution is 5.97. The van der Waals surface area contributed by atoms with Crippen molar-refractivity contribution in [1.29, 1.82) is 0 Å². The molecule has 0 saturated heterocycles. The van der Waals surface area contributed by atoms with Crippen LogP contribution in [-0.4, -0.2) is 47.7 Å². The van der Waals surface area contributed by atoms with Crippen molar-refractivity contribution in [2.75, 3.05) is 20.3 Å². The normalized spacial score (nSPS) is 13.8. The van der Waals surface area contributed by atoms with Crippen molar-refractivity contribution in [3.05, 3.63) is 17.2 Å². The van der Waals surface area contributed by atoms with E-state index in [1.807, 2.05) is 18.4 Å². The zero-order valence-electron chi connectivity index (χ0n) is 13.4. The number of aromatic nitrogens is 2. The van der Waals surface area contributed by atoms with Gasteiger partial charge in [-0.05, 0) is 33.1 Å². The average molecular weight is 308 g/mol. The molecule has 0 aliphatic carbocycles. The Kier molecular flexibility index (Phi) is 5.54. The Labute approximate surface area is 130 Å². The van der Waals surface area contributed by atoms with E-state index in [4.69, 9.17) is 4.74 Å². The monoisotopic (exact) mass is 308 g/mol. The summed E-state index contributed by atoms with van der Waals surface area (Å²) >= 11 is 0. The van der Waals surface area contributed by atoms with Crippen molar-refractivity contribution < 1.29 is 14.3 Å². The predicted molar refractivity (Wildman–Crippen MR) is 82.0 cm³/mol. The van der Waals surface area contributed by atoms with Crippen LogP contribution in [0, 0.1) is 0 Å². The van der Waals surface area contributed by atoms with Gasteiger partial charge in [0.2, 0.25) is 0 Å². The summed E-state index contributed by atoms with van der Waals surface area (Å²) in [5.74, 6) is -0.153. The van der Waals surface area contributed by atoms with Crippen molar-refractivity contribution in [2.24, 2.45) is 0 Å². The third-order valence-electron chi connectivity index (χ3n) is 3.55. The van der Waals surface area contributed by atoms with Gasteiger partial charge in [-0.3, -0.25) is 9.59 Å². The number of ether oxygens (including phenoxy) is 1. The fourth-order valence-corrected chi connectivity index (χ4v) is 2.57. The highest BCUT2D eigenvalue weighted by atomic mass is 16.5. The van der Waals surface area contributed by atoms with Crippen LogP contribution in [0.4, 0.5) is 0 Å². The maximum Gasteiger partial charge on any atom is 0.287 e. The molecule has 7 nitrogen and oxygen atoms in total. The first-order valence-corrected chi connectivity index (χ1v) is 7.72. The fourth-order valence-electron chi connectivity index (χ4n) is 2.57. The lowest BCUT2D eigenvalue weighted by atomic mass is 10.1. The SMILES string of the molecule is COCCNC(=O)c1nc(C(=O)NC(C)C)c2n1CCCC2. The predicted octanol–water partition coefficient (Wildman–Crippen LogP) is 0.734. The number of amides is 2. The molecule has 2 rings (SSSR count). The van der Waals surface area contributed by atoms with Gasteiger partial charge in [0.25, 0.3) is 11.8 Å². The average Bonchev–Trinajstić information content (AvgIpc) is 2.86. The third kappa shape index (κ3) is 3.65. The van der Waals surface area contributed by atoms with Crippen LogP contribution in [0.25, 0.3) is 0 Å². The van der Waals surface area contributed by atoms with Crippen LogP contribution >= 0.6 is 0 Å². The standard InChI is InChI=1S/C15H24N4O3/c1-10(2)17-14(20)12-11-6-4-5-8-19(11)13(18-12)15(21)16-7-9-22-3/h10H,4-9H2,1-3H3,(H,16,21)(H,17,20). The second kappa shape index (κ2) is 7.40. The molecule has 0 unspecified atom stereocenters. The Morgan fingerprint density at radius 1 is 1.32 bits per heavy atom. The van der Waals surface area contributed by atoms with Crippen LogP contribution < -0.4 is 10.6 Å². The summed E-state index contributed by atoms with van der Waals surface area (Å²) in [6.45, 7) is 5.40. The van der Waals surface area contributed by atoms with Crippen LogP contribution in [0.15, 0.2) is 0 Å². The van der Waals surface area contributed by atoms with Gasteiger partial charge in [-0.2, -0.15) is 0 Å². The summed E-state index contributed by atoms with van der Waals surface area (Å²) in [6.07, 6.45) is 2.78. The molecule has 122 valence electrons. The third-order valence-corrected chi connectivity index (χ3v) is 3.55. The van der Waals surface area contributed by atoms with Gasteiger partial charge in [-0.25, -0.2) is 4.98 Å². The Morgan fingerprint density at radius 3 is 2.77 bits per heavy atom. The lowest BCUT2D eigenvalue weighted by Gasteiger charge is -2.17. The minimum Gasteiger partial charge on any atom is -0.383 e. The summed E-state index contributed by atoms with van der Waals surface area (Å²) in [4.78, 5) is 28.9. The number of fused-ring (bicyclic) bond motifs is 1. The number of methoxy groups -OCH3 is 1. The van der Waals surface area contributed by atoms with E-state index in [1.165, 1.54) is 0 Å². The molecule has 2 amide bonds. The number of carbonyl (C=O) groups is 2. The van der Waals surface area contributed by atoms with E-state index in [1.54, 1.807) is 7.11 Å². The van der Waals surface area contributed by atoms with Crippen LogP contribution in [0.2, 0.25) is 0 Å². The zero-order valence-corrected chi connectivity index (χ0v) is 13.4. The number of nitrogens with one attached hydrogen (secondary N) is 2. The smallest absolute Gasteiger partial charge is 0.287 e. The number of nitrogens with zero attached hydrogens (tertiary/aromatic N) is 2. The maximum atomic E-state index is 12.3. The Balaban J connectivity index is 2.25. The molecule has 1 aliphatic rings. The summed E-state index contributed by atoms with van der Waals surface area (Å²) in [7, 11) is 1.58. The van der Waals surface area contributed by atoms with Crippen LogP contribution in [0.5, 0.6) is 0 Å². The zero-order chi connectivity index (χ0) is 16.1. The molecule has 0 spiro atoms. The van der Waals surface area contributed by atoms with Gasteiger partial charge >= 0.3 is 0 Å². The van der Waals surface area contributed by atoms with Crippen LogP contribution in [-0.2, 0) is 17.7 Å². The minimum absolute atomic E-state index is 0.0346. The summed E-state index contributed by atoms with van der Waals surface area (Å²) in [5.41, 5.74) is 1.24. The van der Waals surface area contributed by atoms with Crippen molar-refractivity contribution in [1.82, 2.24) is 20.2 Å². The van der Waals surface area contributed by atoms with Crippen LogP contribution in [0.1, 0.15) is 53.5 Å². The highest BCUT2D eigenvalue weighted by Gasteiger charge is 2.27. The van der Waals surface area contributed by atoms with Crippen molar-refractivity contribution in [3.63, 3.8) is 0 Å². The van der Waals surface area contributed by atoms with Gasteiger partial charge in [0.05, 0.1) is 12.3 Å². The van der Waals surface area contributed by atoms with Crippen molar-refractivity contribution in [2.45, 2.75) is 45.7 Å². The van der Waals surface area contributed by atoms with Crippen LogP contribution in [0.3, 0.4) is 0 Å². The van der Waals surface area contributed by atoms with Gasteiger partial charge in [0.1, 0.15) is 5.69 Å². The maximum absolute atomic E-state index is 12.3. The lowest BCUT2D eigenvalue weighted by molar-refractivity contribution is 0.0921. The number of rotatable bonds is 6. The fraction of sp³-hybridized carbons (Fsp3) is 0.667. The first-order chi connectivity index (χ1) is 10.5. The molecular formula is C15H24N4O3. The molecule has 7 heteroatoms. The quantitative estimate of drug-likeness (QED) is 0.759. The number of carbonyl (C=O) groups excluding carboxylic acids is 2. The molecule has 0 aromatic carbocycles. The Morgan fingerprint density at radius 2 is 2.09 bits per heavy atom. The van der Waals surface area contributed by atoms with Crippen molar-refractivity contribution >= 4 is 11.8 Å². The molecule has 0 fully saturated rings. The summed E-state index contributed by atoms with van der Waals surface area (Å²) in [6, 6.07) is 0.0346. The first kappa shape index (κ1) is 16.5. The van der Waals surface area contributed by atoms with Gasteiger partial charge in [-0.15, -0.1) is 0 Å². The van der Waals surface area contributed by atoms with Gasteiger partial charge in [0.15, 0.2) is 5.82 Å². The van der Waals surface area contributed by atoms with E-state index in [-0.39, 0.29) is 17.9 Å². The molecule has 0 bridgehead atoms. The van der Waals surface area contributed by atoms with Crippen molar-refractivity contribution in [3.8, 4) is 0 Å². The van der Waals surface area contributed by atoms with Gasteiger partial charge in [0, 0.05) is 26.2 Å². The minimum atomic E-state index is -0.260. The topological polar surface area (TPSA) is 85.2 Å². The Bertz CT molecular complexity index is 551. The second-order valence-electron chi connectivity index (χ2n) is 5.72. The molecule has 0 radical (unpaired) electrons. The molecule has 22 heavy (non-hydrogen) atoms. The molecule has 0 saturated carbocycles. The summed E-state index contributed by atoms with van der Waals surface area (Å²) < 4.78 is 6.80. The number of hydrogen-bond acceptors (Lipinski definition) is 4. The molecule has 1 aliphatic heterocycles. The number of hydrogen-bond donors (Lipinski definition) is 2. The molecule has 0 atom stereocenters. The lowest BCUT2D eigenvalue weighted by Crippen LogP contribution is -2.31. The first-order valence-electron chi connectivity index (χ1n) is 7.72. The van der Waals surface area contributed by atoms with E-state index in [9.17, 15) is 9.59 Å². The second-order valence-corrected chi connectivity index (χ2v) is 5.72. The van der Waals surface area contributed by atoms with E-state index in [2.05, 4.69) is 15.6 Å². The highest BCUT2D eigenvalue weighted by Crippen LogP contribution is 2.21. The molecule has 1 aromatic rings. The van der Waals surface area contributed by atoms with Gasteiger partial charge < -0.3 is 19.9 Å². The summed E-state index contributed by atoms with van der Waals surface area (Å²) in [5, 5.41) is 5.61. The van der Waals surface area contributed by atoms with Gasteiger partial charge in [-0.1, -0.05) is 0 Å². The molecular weight excluding hydrogens is 284 g/mol. The Hall–Kier alpha value is -1.89. The molecule has 2 heterocycles. The number of imidazole rings is 1. The van der Waals surface area contributed by atoms with E-state index < -0.39 is 0 Å².